The minimum absolute atomic E-state index is 0. The van der Waals surface area contributed by atoms with E-state index in [4.69, 9.17) is 18.9 Å². The maximum absolute atomic E-state index is 11.9. The van der Waals surface area contributed by atoms with E-state index in [1.54, 1.807) is 0 Å². The summed E-state index contributed by atoms with van der Waals surface area (Å²) in [7, 11) is 1.48. The van der Waals surface area contributed by atoms with Gasteiger partial charge in [-0.2, -0.15) is 0 Å². The molecule has 1 rings (SSSR count). The van der Waals surface area contributed by atoms with Crippen molar-refractivity contribution in [1.82, 2.24) is 5.32 Å². The molecule has 1 aromatic rings. The molecule has 40 heavy (non-hydrogen) atoms. The molecule has 0 saturated carbocycles. The molecule has 1 atom stereocenters. The van der Waals surface area contributed by atoms with Gasteiger partial charge < -0.3 is 41.2 Å². The molecule has 1 heterocycles. The number of amides is 1. The fourth-order valence-corrected chi connectivity index (χ4v) is 4.31. The highest BCUT2D eigenvalue weighted by Gasteiger charge is 2.17. The smallest absolute Gasteiger partial charge is 0.508 e. The fourth-order valence-electron chi connectivity index (χ4n) is 4.31. The van der Waals surface area contributed by atoms with Gasteiger partial charge in [-0.25, -0.2) is 14.2 Å². The summed E-state index contributed by atoms with van der Waals surface area (Å²) in [6.45, 7) is 3.61. The van der Waals surface area contributed by atoms with Crippen LogP contribution in [0.2, 0.25) is 0 Å². The van der Waals surface area contributed by atoms with E-state index in [9.17, 15) is 9.59 Å². The predicted octanol–water partition coefficient (Wildman–Crippen LogP) is 4.13. The minimum atomic E-state index is -0.796. The normalized spacial score (nSPS) is 11.3. The highest BCUT2D eigenvalue weighted by atomic mass is 79.9. The number of hydrogen-bond acceptors (Lipinski definition) is 6. The molecule has 232 valence electrons. The Morgan fingerprint density at radius 2 is 1.23 bits per heavy atom. The summed E-state index contributed by atoms with van der Waals surface area (Å²) in [5.74, 6) is 0. The van der Waals surface area contributed by atoms with Gasteiger partial charge in [-0.15, -0.1) is 0 Å². The van der Waals surface area contributed by atoms with Crippen molar-refractivity contribution in [3.8, 4) is 0 Å². The second-order valence-corrected chi connectivity index (χ2v) is 10.2. The average Bonchev–Trinajstić information content (AvgIpc) is 2.95. The molecule has 1 N–H and O–H groups in total. The standard InChI is InChI=1S/C31H54N2O6.BrH/c1-3-4-5-6-7-8-9-10-11-12-13-14-15-16-17-21-25-36-27-29(39-30(34)32-2)28-38-31(35)37-26-24-33-22-19-18-20-23-33;/h18-20,22-23,29H,3-17,21,24-28H2,1-2H3;1H/t29-;/m1./s1. The molecular weight excluding hydrogens is 576 g/mol. The first kappa shape index (κ1) is 38.1. The molecule has 0 bridgehead atoms. The molecule has 0 aliphatic heterocycles. The van der Waals surface area contributed by atoms with Crippen LogP contribution in [0, 0.1) is 0 Å². The maximum Gasteiger partial charge on any atom is 0.508 e. The van der Waals surface area contributed by atoms with Crippen LogP contribution in [-0.2, 0) is 25.5 Å². The summed E-state index contributed by atoms with van der Waals surface area (Å²) in [4.78, 5) is 23.5. The van der Waals surface area contributed by atoms with Gasteiger partial charge in [0.1, 0.15) is 6.61 Å². The van der Waals surface area contributed by atoms with E-state index in [2.05, 4.69) is 12.2 Å². The zero-order chi connectivity index (χ0) is 28.2. The summed E-state index contributed by atoms with van der Waals surface area (Å²) >= 11 is 0. The van der Waals surface area contributed by atoms with Gasteiger partial charge in [-0.3, -0.25) is 0 Å². The molecule has 1 aromatic heterocycles. The summed E-state index contributed by atoms with van der Waals surface area (Å²) < 4.78 is 23.0. The predicted molar refractivity (Wildman–Crippen MR) is 154 cm³/mol. The molecule has 1 amide bonds. The van der Waals surface area contributed by atoms with Crippen LogP contribution < -0.4 is 26.9 Å². The van der Waals surface area contributed by atoms with Gasteiger partial charge in [0.2, 0.25) is 0 Å². The molecule has 0 spiro atoms. The van der Waals surface area contributed by atoms with Crippen molar-refractivity contribution in [3.63, 3.8) is 0 Å². The number of carbonyl (C=O) groups excluding carboxylic acids is 2. The van der Waals surface area contributed by atoms with Gasteiger partial charge in [0.25, 0.3) is 0 Å². The minimum Gasteiger partial charge on any atom is -1.00 e. The second-order valence-electron chi connectivity index (χ2n) is 10.2. The van der Waals surface area contributed by atoms with Gasteiger partial charge in [0.15, 0.2) is 31.6 Å². The Bertz CT molecular complexity index is 710. The zero-order valence-electron chi connectivity index (χ0n) is 25.1. The molecule has 9 heteroatoms. The van der Waals surface area contributed by atoms with Crippen LogP contribution in [0.1, 0.15) is 110 Å². The van der Waals surface area contributed by atoms with E-state index < -0.39 is 18.4 Å². The van der Waals surface area contributed by atoms with Crippen LogP contribution in [0.25, 0.3) is 0 Å². The number of hydrogen-bond donors (Lipinski definition) is 1. The molecule has 0 aliphatic rings. The van der Waals surface area contributed by atoms with Crippen molar-refractivity contribution >= 4 is 12.2 Å². The number of aromatic nitrogens is 1. The van der Waals surface area contributed by atoms with E-state index >= 15 is 0 Å². The Morgan fingerprint density at radius 3 is 1.75 bits per heavy atom. The van der Waals surface area contributed by atoms with Gasteiger partial charge in [0.05, 0.1) is 6.61 Å². The molecule has 0 fully saturated rings. The van der Waals surface area contributed by atoms with Gasteiger partial charge in [0, 0.05) is 25.8 Å². The summed E-state index contributed by atoms with van der Waals surface area (Å²) in [6, 6.07) is 5.72. The molecular formula is C31H55BrN2O6. The lowest BCUT2D eigenvalue weighted by molar-refractivity contribution is -0.698. The summed E-state index contributed by atoms with van der Waals surface area (Å²) in [5, 5.41) is 2.40. The first-order valence-corrected chi connectivity index (χ1v) is 15.4. The van der Waals surface area contributed by atoms with Crippen LogP contribution in [0.5, 0.6) is 0 Å². The van der Waals surface area contributed by atoms with Crippen LogP contribution in [0.3, 0.4) is 0 Å². The number of ether oxygens (including phenoxy) is 4. The Kier molecular flexibility index (Phi) is 27.3. The van der Waals surface area contributed by atoms with Crippen molar-refractivity contribution in [2.75, 3.05) is 33.5 Å². The number of nitrogens with zero attached hydrogens (tertiary/aromatic N) is 1. The van der Waals surface area contributed by atoms with Gasteiger partial charge >= 0.3 is 12.2 Å². The lowest BCUT2D eigenvalue weighted by atomic mass is 10.0. The number of unbranched alkanes of at least 4 members (excludes halogenated alkanes) is 15. The molecule has 0 aliphatic carbocycles. The Balaban J connectivity index is 0.0000152. The largest absolute Gasteiger partial charge is 1.00 e. The number of pyridine rings is 1. The molecule has 0 unspecified atom stereocenters. The van der Waals surface area contributed by atoms with Gasteiger partial charge in [-0.05, 0) is 6.42 Å². The second kappa shape index (κ2) is 28.7. The maximum atomic E-state index is 11.9. The third-order valence-electron chi connectivity index (χ3n) is 6.66. The highest BCUT2D eigenvalue weighted by Crippen LogP contribution is 2.13. The fraction of sp³-hybridized carbons (Fsp3) is 0.774. The Morgan fingerprint density at radius 1 is 0.700 bits per heavy atom. The molecule has 0 saturated heterocycles. The number of halogens is 1. The van der Waals surface area contributed by atoms with Crippen molar-refractivity contribution in [2.24, 2.45) is 0 Å². The quantitative estimate of drug-likeness (QED) is 0.0993. The first-order valence-electron chi connectivity index (χ1n) is 15.4. The molecule has 0 radical (unpaired) electrons. The average molecular weight is 632 g/mol. The van der Waals surface area contributed by atoms with E-state index in [1.165, 1.54) is 96.9 Å². The van der Waals surface area contributed by atoms with E-state index in [1.807, 2.05) is 35.2 Å². The molecule has 0 aromatic carbocycles. The summed E-state index contributed by atoms with van der Waals surface area (Å²) in [5.41, 5.74) is 0. The number of rotatable bonds is 25. The van der Waals surface area contributed by atoms with Crippen LogP contribution in [0.15, 0.2) is 30.6 Å². The third kappa shape index (κ3) is 24.0. The monoisotopic (exact) mass is 630 g/mol. The highest BCUT2D eigenvalue weighted by molar-refractivity contribution is 5.67. The van der Waals surface area contributed by atoms with E-state index in [-0.39, 0.29) is 36.8 Å². The summed E-state index contributed by atoms with van der Waals surface area (Å²) in [6.07, 6.45) is 22.9. The van der Waals surface area contributed by atoms with Crippen LogP contribution in [-0.4, -0.2) is 51.8 Å². The Labute approximate surface area is 253 Å². The van der Waals surface area contributed by atoms with Gasteiger partial charge in [-0.1, -0.05) is 109 Å². The SMILES string of the molecule is CCCCCCCCCCCCCCCCCCOC[C@H](COC(=O)OCC[n+]1ccccc1)OC(=O)NC.[Br-]. The number of carbonyl (C=O) groups is 2. The zero-order valence-corrected chi connectivity index (χ0v) is 26.7. The topological polar surface area (TPSA) is 87.0 Å². The van der Waals surface area contributed by atoms with Crippen molar-refractivity contribution < 1.29 is 50.1 Å². The number of alkyl carbamates (subject to hydrolysis) is 1. The van der Waals surface area contributed by atoms with Crippen molar-refractivity contribution in [1.29, 1.82) is 0 Å². The van der Waals surface area contributed by atoms with Crippen molar-refractivity contribution in [3.05, 3.63) is 30.6 Å². The van der Waals surface area contributed by atoms with Crippen molar-refractivity contribution in [2.45, 2.75) is 122 Å². The lowest BCUT2D eigenvalue weighted by Gasteiger charge is -2.17. The third-order valence-corrected chi connectivity index (χ3v) is 6.66. The van der Waals surface area contributed by atoms with E-state index in [0.29, 0.717) is 13.2 Å². The molecule has 8 nitrogen and oxygen atoms in total. The number of nitrogens with one attached hydrogen (secondary N) is 1. The van der Waals surface area contributed by atoms with E-state index in [0.717, 1.165) is 12.8 Å². The first-order chi connectivity index (χ1) is 19.2. The van der Waals surface area contributed by atoms with Crippen LogP contribution >= 0.6 is 0 Å². The van der Waals surface area contributed by atoms with Crippen LogP contribution in [0.4, 0.5) is 9.59 Å². The lowest BCUT2D eigenvalue weighted by Crippen LogP contribution is -3.00. The Hall–Kier alpha value is -1.87.